The molecule has 0 bridgehead atoms. The van der Waals surface area contributed by atoms with Crippen LogP contribution in [0.25, 0.3) is 27.7 Å². The zero-order valence-corrected chi connectivity index (χ0v) is 26.5. The highest BCUT2D eigenvalue weighted by molar-refractivity contribution is 6.20. The molecule has 0 atom stereocenters. The zero-order valence-electron chi connectivity index (χ0n) is 26.5. The number of pyridine rings is 4. The molecule has 51 heavy (non-hydrogen) atoms. The van der Waals surface area contributed by atoms with E-state index in [2.05, 4.69) is 43.9 Å². The van der Waals surface area contributed by atoms with Gasteiger partial charge in [0.25, 0.3) is 0 Å². The Morgan fingerprint density at radius 3 is 0.588 bits per heavy atom. The molecular weight excluding hydrogens is 641 g/mol. The zero-order chi connectivity index (χ0) is 35.6. The smallest absolute Gasteiger partial charge is 0.329 e. The molecule has 0 aliphatic rings. The van der Waals surface area contributed by atoms with Crippen molar-refractivity contribution in [3.05, 3.63) is 218 Å². The summed E-state index contributed by atoms with van der Waals surface area (Å²) in [5, 5.41) is 0. The van der Waals surface area contributed by atoms with Gasteiger partial charge in [-0.1, -0.05) is 0 Å². The molecule has 4 heterocycles. The molecule has 0 spiro atoms. The monoisotopic (exact) mass is 662 g/mol. The van der Waals surface area contributed by atoms with Crippen LogP contribution >= 0.6 is 0 Å². The molecule has 0 aliphatic heterocycles. The molecule has 0 N–H and O–H groups in total. The Labute approximate surface area is 289 Å². The SMILES string of the molecule is [N-]=[N+]=C(c1ccncc1)c1cc(C(=[N+]=[N-])c2ccncc2)cc(C(=[N+]=[N-])c2cc(C(=[N+]=[N-])c3ccncc3)cc(C(=[N+]=[N-])c3ccncc3)c2)c1. The maximum absolute atomic E-state index is 10.7. The summed E-state index contributed by atoms with van der Waals surface area (Å²) >= 11 is 0. The Bertz CT molecular complexity index is 2190. The minimum Gasteiger partial charge on any atom is -0.361 e. The van der Waals surface area contributed by atoms with Crippen molar-refractivity contribution in [3.63, 3.8) is 0 Å². The highest BCUT2D eigenvalue weighted by atomic mass is 14.9. The number of hydrogen-bond acceptors (Lipinski definition) is 4. The number of nitrogens with zero attached hydrogens (tertiary/aromatic N) is 14. The summed E-state index contributed by atoms with van der Waals surface area (Å²) in [4.78, 5) is 34.1. The van der Waals surface area contributed by atoms with Gasteiger partial charge >= 0.3 is 28.6 Å². The van der Waals surface area contributed by atoms with Crippen molar-refractivity contribution in [2.45, 2.75) is 0 Å². The van der Waals surface area contributed by atoms with E-state index in [4.69, 9.17) is 0 Å². The fourth-order valence-corrected chi connectivity index (χ4v) is 5.53. The molecular formula is C37H22N14. The van der Waals surface area contributed by atoms with Crippen molar-refractivity contribution in [3.8, 4) is 0 Å². The fraction of sp³-hybridized carbons (Fsp3) is 0. The first kappa shape index (κ1) is 32.9. The molecule has 0 fully saturated rings. The van der Waals surface area contributed by atoms with Gasteiger partial charge in [0.15, 0.2) is 0 Å². The fourth-order valence-electron chi connectivity index (χ4n) is 5.53. The second kappa shape index (κ2) is 15.2. The predicted octanol–water partition coefficient (Wildman–Crippen LogP) is 4.60. The molecule has 0 amide bonds. The molecule has 14 heteroatoms. The Kier molecular flexibility index (Phi) is 9.81. The molecule has 2 aromatic carbocycles. The first-order valence-corrected chi connectivity index (χ1v) is 15.1. The largest absolute Gasteiger partial charge is 0.361 e. The summed E-state index contributed by atoms with van der Waals surface area (Å²) in [7, 11) is 0. The van der Waals surface area contributed by atoms with Gasteiger partial charge < -0.3 is 27.7 Å². The van der Waals surface area contributed by atoms with E-state index >= 15 is 0 Å². The molecule has 6 rings (SSSR count). The van der Waals surface area contributed by atoms with Crippen molar-refractivity contribution in [2.24, 2.45) is 0 Å². The second-order valence-electron chi connectivity index (χ2n) is 10.8. The number of benzene rings is 2. The van der Waals surface area contributed by atoms with Gasteiger partial charge in [0.2, 0.25) is 0 Å². The first-order chi connectivity index (χ1) is 25.1. The van der Waals surface area contributed by atoms with Crippen LogP contribution < -0.4 is 0 Å². The van der Waals surface area contributed by atoms with Gasteiger partial charge in [0.05, 0.1) is 55.6 Å². The average Bonchev–Trinajstić information content (AvgIpc) is 3.18. The summed E-state index contributed by atoms with van der Waals surface area (Å²) in [5.41, 5.74) is 56.4. The van der Waals surface area contributed by atoms with Gasteiger partial charge in [-0.25, -0.2) is 0 Å². The highest BCUT2D eigenvalue weighted by Gasteiger charge is 2.29. The van der Waals surface area contributed by atoms with Crippen LogP contribution in [0, 0.1) is 0 Å². The lowest BCUT2D eigenvalue weighted by Gasteiger charge is -2.07. The third-order valence-electron chi connectivity index (χ3n) is 7.82. The molecule has 4 aromatic heterocycles. The van der Waals surface area contributed by atoms with Crippen LogP contribution in [0.3, 0.4) is 0 Å². The highest BCUT2D eigenvalue weighted by Crippen LogP contribution is 2.23. The summed E-state index contributed by atoms with van der Waals surface area (Å²) in [6, 6.07) is 23.1. The number of hydrogen-bond donors (Lipinski definition) is 0. The normalized spacial score (nSPS) is 9.96. The molecule has 0 unspecified atom stereocenters. The Morgan fingerprint density at radius 2 is 0.431 bits per heavy atom. The van der Waals surface area contributed by atoms with Gasteiger partial charge in [0, 0.05) is 49.6 Å². The minimum atomic E-state index is 0.0132. The number of rotatable bonds is 10. The Balaban J connectivity index is 1.62. The number of aromatic nitrogens is 4. The Morgan fingerprint density at radius 1 is 0.275 bits per heavy atom. The standard InChI is InChI=1S/C37H22N14/c38-47-33(23-1-9-43-10-2-23)27-17-28(34(48-39)24-3-11-44-12-4-24)20-31(19-27)37(51-42)32-21-29(35(49-40)25-5-13-45-14-6-25)18-30(22-32)36(50-41)26-7-15-46-16-8-26/h1-22H. The topological polar surface area (TPSA) is 234 Å². The van der Waals surface area contributed by atoms with Crippen LogP contribution in [0.15, 0.2) is 135 Å². The quantitative estimate of drug-likeness (QED) is 0.116. The molecule has 0 radical (unpaired) electrons. The van der Waals surface area contributed by atoms with Gasteiger partial charge in [-0.3, -0.25) is 19.9 Å². The van der Waals surface area contributed by atoms with E-state index in [1.54, 1.807) is 135 Å². The summed E-state index contributed by atoms with van der Waals surface area (Å²) in [6.07, 6.45) is 12.4. The lowest BCUT2D eigenvalue weighted by atomic mass is 9.89. The third kappa shape index (κ3) is 6.97. The van der Waals surface area contributed by atoms with E-state index in [-0.39, 0.29) is 28.6 Å². The summed E-state index contributed by atoms with van der Waals surface area (Å²) in [6.45, 7) is 0. The van der Waals surface area contributed by atoms with E-state index in [1.807, 2.05) is 0 Å². The first-order valence-electron chi connectivity index (χ1n) is 15.1. The average molecular weight is 663 g/mol. The maximum atomic E-state index is 10.7. The van der Waals surface area contributed by atoms with Crippen LogP contribution in [-0.4, -0.2) is 72.4 Å². The van der Waals surface area contributed by atoms with Crippen molar-refractivity contribution < 1.29 is 23.9 Å². The van der Waals surface area contributed by atoms with E-state index in [1.165, 1.54) is 0 Å². The van der Waals surface area contributed by atoms with Gasteiger partial charge in [0.1, 0.15) is 0 Å². The molecule has 14 nitrogen and oxygen atoms in total. The van der Waals surface area contributed by atoms with Crippen LogP contribution in [0.2, 0.25) is 0 Å². The molecule has 6 aromatic rings. The molecule has 0 saturated heterocycles. The maximum Gasteiger partial charge on any atom is 0.329 e. The van der Waals surface area contributed by atoms with E-state index in [0.29, 0.717) is 55.6 Å². The summed E-state index contributed by atoms with van der Waals surface area (Å²) in [5.74, 6) is 0. The second-order valence-corrected chi connectivity index (χ2v) is 10.8. The van der Waals surface area contributed by atoms with Gasteiger partial charge in [-0.2, -0.15) is 23.9 Å². The van der Waals surface area contributed by atoms with Gasteiger partial charge in [-0.05, 0) is 84.9 Å². The van der Waals surface area contributed by atoms with Crippen LogP contribution in [0.1, 0.15) is 55.6 Å². The van der Waals surface area contributed by atoms with Gasteiger partial charge in [-0.15, -0.1) is 0 Å². The van der Waals surface area contributed by atoms with E-state index in [0.717, 1.165) is 0 Å². The lowest BCUT2D eigenvalue weighted by Crippen LogP contribution is -2.16. The molecule has 240 valence electrons. The minimum absolute atomic E-state index is 0.0132. The van der Waals surface area contributed by atoms with E-state index < -0.39 is 0 Å². The van der Waals surface area contributed by atoms with Crippen molar-refractivity contribution in [2.75, 3.05) is 0 Å². The predicted molar refractivity (Wildman–Crippen MR) is 184 cm³/mol. The van der Waals surface area contributed by atoms with Crippen molar-refractivity contribution >= 4 is 28.6 Å². The third-order valence-corrected chi connectivity index (χ3v) is 7.82. The van der Waals surface area contributed by atoms with Crippen LogP contribution in [0.4, 0.5) is 0 Å². The van der Waals surface area contributed by atoms with Crippen molar-refractivity contribution in [1.29, 1.82) is 0 Å². The summed E-state index contributed by atoms with van der Waals surface area (Å²) < 4.78 is 0. The Hall–Kier alpha value is -8.06. The van der Waals surface area contributed by atoms with Crippen LogP contribution in [0.5, 0.6) is 0 Å². The van der Waals surface area contributed by atoms with Crippen LogP contribution in [-0.2, 0) is 0 Å². The van der Waals surface area contributed by atoms with Crippen molar-refractivity contribution in [1.82, 2.24) is 19.9 Å². The molecule has 0 saturated carbocycles. The molecule has 0 aliphatic carbocycles. The van der Waals surface area contributed by atoms with E-state index in [9.17, 15) is 27.7 Å². The lowest BCUT2D eigenvalue weighted by molar-refractivity contribution is -0.00377.